The van der Waals surface area contributed by atoms with Gasteiger partial charge in [0.2, 0.25) is 20.0 Å². The van der Waals surface area contributed by atoms with E-state index in [0.29, 0.717) is 12.0 Å². The standard InChI is InChI=1S/C25H27N3O5S2/c1-25(2,3)21-14-17(8-10-19(21)20-6-4-5-7-23(20)34(27,30)31)12-13-28-35(32,33)24-15-18(16-26)9-11-22(24)29/h4-11,14-15,28-29H,12-13H2,1-3H3,(H2,27,30,31). The van der Waals surface area contributed by atoms with Crippen molar-refractivity contribution in [1.82, 2.24) is 4.72 Å². The predicted molar refractivity (Wildman–Crippen MR) is 134 cm³/mol. The van der Waals surface area contributed by atoms with E-state index in [0.717, 1.165) is 22.8 Å². The summed E-state index contributed by atoms with van der Waals surface area (Å²) in [4.78, 5) is -0.327. The molecule has 0 fully saturated rings. The third-order valence-corrected chi connectivity index (χ3v) is 7.92. The molecule has 35 heavy (non-hydrogen) atoms. The van der Waals surface area contributed by atoms with Crippen molar-refractivity contribution in [2.24, 2.45) is 5.14 Å². The number of hydrogen-bond acceptors (Lipinski definition) is 6. The van der Waals surface area contributed by atoms with E-state index in [1.165, 1.54) is 18.2 Å². The molecule has 0 amide bonds. The smallest absolute Gasteiger partial charge is 0.244 e. The van der Waals surface area contributed by atoms with Gasteiger partial charge in [-0.25, -0.2) is 26.7 Å². The molecule has 0 aliphatic heterocycles. The number of rotatable bonds is 7. The number of nitriles is 1. The molecule has 8 nitrogen and oxygen atoms in total. The van der Waals surface area contributed by atoms with Gasteiger partial charge in [-0.05, 0) is 52.8 Å². The molecule has 0 unspecified atom stereocenters. The van der Waals surface area contributed by atoms with Crippen LogP contribution in [-0.4, -0.2) is 28.5 Å². The molecule has 0 saturated heterocycles. The summed E-state index contributed by atoms with van der Waals surface area (Å²) in [7, 11) is -7.97. The van der Waals surface area contributed by atoms with E-state index < -0.39 is 25.8 Å². The average molecular weight is 514 g/mol. The van der Waals surface area contributed by atoms with Crippen LogP contribution < -0.4 is 9.86 Å². The molecular formula is C25H27N3O5S2. The van der Waals surface area contributed by atoms with Gasteiger partial charge in [0, 0.05) is 12.1 Å². The predicted octanol–water partition coefficient (Wildman–Crippen LogP) is 3.40. The molecule has 0 aliphatic carbocycles. The summed E-state index contributed by atoms with van der Waals surface area (Å²) in [5.74, 6) is -0.440. The van der Waals surface area contributed by atoms with Gasteiger partial charge in [0.1, 0.15) is 10.6 Å². The van der Waals surface area contributed by atoms with Gasteiger partial charge in [-0.15, -0.1) is 0 Å². The highest BCUT2D eigenvalue weighted by Gasteiger charge is 2.24. The lowest BCUT2D eigenvalue weighted by Gasteiger charge is -2.25. The van der Waals surface area contributed by atoms with Crippen LogP contribution in [0.1, 0.15) is 37.5 Å². The molecule has 3 aromatic carbocycles. The Kier molecular flexibility index (Phi) is 7.38. The summed E-state index contributed by atoms with van der Waals surface area (Å²) in [6.07, 6.45) is 0.345. The summed E-state index contributed by atoms with van der Waals surface area (Å²) < 4.78 is 52.1. The Balaban J connectivity index is 1.91. The number of nitrogens with two attached hydrogens (primary N) is 1. The minimum Gasteiger partial charge on any atom is -0.507 e. The summed E-state index contributed by atoms with van der Waals surface area (Å²) in [5.41, 5.74) is 2.72. The number of phenolic OH excluding ortho intramolecular Hbond substituents is 1. The van der Waals surface area contributed by atoms with Gasteiger partial charge >= 0.3 is 0 Å². The fourth-order valence-corrected chi connectivity index (χ4v) is 5.65. The largest absolute Gasteiger partial charge is 0.507 e. The van der Waals surface area contributed by atoms with Gasteiger partial charge < -0.3 is 5.11 Å². The number of aromatic hydroxyl groups is 1. The molecule has 0 heterocycles. The molecule has 3 rings (SSSR count). The van der Waals surface area contributed by atoms with Gasteiger partial charge in [-0.1, -0.05) is 57.2 Å². The number of nitrogens with one attached hydrogen (secondary N) is 1. The highest BCUT2D eigenvalue weighted by molar-refractivity contribution is 7.89. The van der Waals surface area contributed by atoms with Crippen LogP contribution >= 0.6 is 0 Å². The molecule has 3 aromatic rings. The van der Waals surface area contributed by atoms with E-state index in [4.69, 9.17) is 10.4 Å². The van der Waals surface area contributed by atoms with E-state index in [-0.39, 0.29) is 27.3 Å². The SMILES string of the molecule is CC(C)(C)c1cc(CCNS(=O)(=O)c2cc(C#N)ccc2O)ccc1-c1ccccc1S(N)(=O)=O. The number of sulfonamides is 2. The lowest BCUT2D eigenvalue weighted by Crippen LogP contribution is -2.26. The maximum Gasteiger partial charge on any atom is 0.244 e. The van der Waals surface area contributed by atoms with Gasteiger partial charge in [-0.3, -0.25) is 0 Å². The molecule has 10 heteroatoms. The monoisotopic (exact) mass is 513 g/mol. The second kappa shape index (κ2) is 9.79. The van der Waals surface area contributed by atoms with Crippen LogP contribution in [0.5, 0.6) is 5.75 Å². The van der Waals surface area contributed by atoms with Crippen molar-refractivity contribution in [3.63, 3.8) is 0 Å². The number of hydrogen-bond donors (Lipinski definition) is 3. The fourth-order valence-electron chi connectivity index (χ4n) is 3.75. The van der Waals surface area contributed by atoms with Gasteiger partial charge in [0.25, 0.3) is 0 Å². The molecule has 0 saturated carbocycles. The topological polar surface area (TPSA) is 150 Å². The number of nitrogens with zero attached hydrogens (tertiary/aromatic N) is 1. The van der Waals surface area contributed by atoms with Crippen molar-refractivity contribution in [3.8, 4) is 22.9 Å². The Morgan fingerprint density at radius 3 is 2.26 bits per heavy atom. The van der Waals surface area contributed by atoms with E-state index in [1.54, 1.807) is 18.2 Å². The van der Waals surface area contributed by atoms with E-state index in [2.05, 4.69) is 4.72 Å². The average Bonchev–Trinajstić information content (AvgIpc) is 2.78. The Morgan fingerprint density at radius 1 is 0.943 bits per heavy atom. The Morgan fingerprint density at radius 2 is 1.63 bits per heavy atom. The Labute approximate surface area is 206 Å². The second-order valence-electron chi connectivity index (χ2n) is 9.11. The molecule has 0 radical (unpaired) electrons. The van der Waals surface area contributed by atoms with E-state index in [9.17, 15) is 21.9 Å². The quantitative estimate of drug-likeness (QED) is 0.441. The van der Waals surface area contributed by atoms with E-state index in [1.807, 2.05) is 45.0 Å². The molecule has 4 N–H and O–H groups in total. The molecule has 0 bridgehead atoms. The molecule has 0 spiro atoms. The summed E-state index contributed by atoms with van der Waals surface area (Å²) in [6.45, 7) is 6.06. The third kappa shape index (κ3) is 6.07. The van der Waals surface area contributed by atoms with Gasteiger partial charge in [-0.2, -0.15) is 5.26 Å². The van der Waals surface area contributed by atoms with Crippen LogP contribution in [-0.2, 0) is 31.9 Å². The molecule has 0 atom stereocenters. The van der Waals surface area contributed by atoms with Gasteiger partial charge in [0.15, 0.2) is 0 Å². The third-order valence-electron chi connectivity index (χ3n) is 5.46. The first-order valence-electron chi connectivity index (χ1n) is 10.7. The van der Waals surface area contributed by atoms with Crippen LogP contribution in [0, 0.1) is 11.3 Å². The minimum absolute atomic E-state index is 0.0328. The zero-order valence-electron chi connectivity index (χ0n) is 19.6. The molecule has 184 valence electrons. The van der Waals surface area contributed by atoms with Crippen LogP contribution in [0.4, 0.5) is 0 Å². The number of primary sulfonamides is 1. The summed E-state index contributed by atoms with van der Waals surface area (Å²) in [6, 6.07) is 17.6. The van der Waals surface area contributed by atoms with Gasteiger partial charge in [0.05, 0.1) is 16.5 Å². The Bertz CT molecular complexity index is 1520. The summed E-state index contributed by atoms with van der Waals surface area (Å²) in [5, 5.41) is 24.4. The van der Waals surface area contributed by atoms with Crippen molar-refractivity contribution >= 4 is 20.0 Å². The van der Waals surface area contributed by atoms with Crippen molar-refractivity contribution in [2.75, 3.05) is 6.54 Å². The zero-order valence-corrected chi connectivity index (χ0v) is 21.2. The van der Waals surface area contributed by atoms with Crippen LogP contribution in [0.25, 0.3) is 11.1 Å². The first kappa shape index (κ1) is 26.4. The minimum atomic E-state index is -4.04. The van der Waals surface area contributed by atoms with Crippen LogP contribution in [0.15, 0.2) is 70.5 Å². The second-order valence-corrected chi connectivity index (χ2v) is 12.4. The van der Waals surface area contributed by atoms with Crippen molar-refractivity contribution < 1.29 is 21.9 Å². The van der Waals surface area contributed by atoms with Crippen molar-refractivity contribution in [1.29, 1.82) is 5.26 Å². The maximum absolute atomic E-state index is 12.7. The maximum atomic E-state index is 12.7. The highest BCUT2D eigenvalue weighted by Crippen LogP contribution is 2.36. The van der Waals surface area contributed by atoms with Crippen LogP contribution in [0.2, 0.25) is 0 Å². The van der Waals surface area contributed by atoms with Crippen molar-refractivity contribution in [3.05, 3.63) is 77.4 Å². The lowest BCUT2D eigenvalue weighted by atomic mass is 9.80. The molecular weight excluding hydrogens is 486 g/mol. The Hall–Kier alpha value is -3.23. The number of benzene rings is 3. The molecule has 0 aromatic heterocycles. The first-order chi connectivity index (χ1) is 16.2. The first-order valence-corrected chi connectivity index (χ1v) is 13.8. The highest BCUT2D eigenvalue weighted by atomic mass is 32.2. The van der Waals surface area contributed by atoms with Crippen molar-refractivity contribution in [2.45, 2.75) is 42.4 Å². The molecule has 0 aliphatic rings. The number of phenols is 1. The normalized spacial score (nSPS) is 12.3. The zero-order chi connectivity index (χ0) is 26.0. The van der Waals surface area contributed by atoms with Crippen LogP contribution in [0.3, 0.4) is 0 Å². The lowest BCUT2D eigenvalue weighted by molar-refractivity contribution is 0.458. The fraction of sp³-hybridized carbons (Fsp3) is 0.240. The summed E-state index contributed by atoms with van der Waals surface area (Å²) >= 11 is 0. The van der Waals surface area contributed by atoms with E-state index >= 15 is 0 Å².